The number of aryl methyl sites for hydroxylation is 2. The minimum atomic E-state index is 1.13. The number of rotatable bonds is 5. The van der Waals surface area contributed by atoms with Crippen LogP contribution in [0.25, 0.3) is 45.5 Å². The van der Waals surface area contributed by atoms with Crippen LogP contribution in [0, 0.1) is 13.8 Å². The quantitative estimate of drug-likeness (QED) is 0.230. The van der Waals surface area contributed by atoms with Gasteiger partial charge in [0, 0.05) is 20.9 Å². The lowest BCUT2D eigenvalue weighted by atomic mass is 9.89. The van der Waals surface area contributed by atoms with E-state index in [1.165, 1.54) is 44.5 Å². The Morgan fingerprint density at radius 3 is 1.93 bits per heavy atom. The highest BCUT2D eigenvalue weighted by Gasteiger charge is 2.17. The molecule has 30 heavy (non-hydrogen) atoms. The Bertz CT molecular complexity index is 1270. The average molecular weight is 556 g/mol. The molecule has 2 aromatic carbocycles. The molecule has 0 bridgehead atoms. The molecule has 0 saturated carbocycles. The molecule has 0 amide bonds. The molecule has 0 saturated heterocycles. The van der Waals surface area contributed by atoms with Gasteiger partial charge < -0.3 is 0 Å². The summed E-state index contributed by atoms with van der Waals surface area (Å²) in [6, 6.07) is 17.8. The number of hydrogen-bond acceptors (Lipinski definition) is 2. The van der Waals surface area contributed by atoms with Crippen molar-refractivity contribution >= 4 is 66.7 Å². The fraction of sp³-hybridized carbons (Fsp3) is 0.0769. The minimum absolute atomic E-state index is 1.13. The highest BCUT2D eigenvalue weighted by molar-refractivity contribution is 9.11. The van der Waals surface area contributed by atoms with Gasteiger partial charge >= 0.3 is 0 Å². The third kappa shape index (κ3) is 4.06. The van der Waals surface area contributed by atoms with Crippen molar-refractivity contribution in [1.82, 2.24) is 0 Å². The standard InChI is InChI=1S/C26H20Br2S2/c1-5-18-13-22(25(27)29-18)17-9-10-20(24-14-19(6-2)30-26(24)28)23(12-17)21-11-15(3)7-8-16(21)4/h5-14H,1-2H2,3-4H3. The Morgan fingerprint density at radius 2 is 1.30 bits per heavy atom. The summed E-state index contributed by atoms with van der Waals surface area (Å²) in [5.74, 6) is 0. The second kappa shape index (κ2) is 8.80. The third-order valence-corrected chi connectivity index (χ3v) is 8.78. The topological polar surface area (TPSA) is 0 Å². The summed E-state index contributed by atoms with van der Waals surface area (Å²) >= 11 is 10.9. The van der Waals surface area contributed by atoms with Crippen LogP contribution in [-0.4, -0.2) is 0 Å². The van der Waals surface area contributed by atoms with Crippen molar-refractivity contribution in [3.8, 4) is 33.4 Å². The van der Waals surface area contributed by atoms with Crippen molar-refractivity contribution in [3.05, 3.63) is 90.1 Å². The molecule has 2 aromatic heterocycles. The Kier molecular flexibility index (Phi) is 6.31. The second-order valence-electron chi connectivity index (χ2n) is 7.16. The molecule has 0 unspecified atom stereocenters. The summed E-state index contributed by atoms with van der Waals surface area (Å²) in [4.78, 5) is 2.31. The van der Waals surface area contributed by atoms with Crippen LogP contribution in [0.5, 0.6) is 0 Å². The zero-order valence-electron chi connectivity index (χ0n) is 16.8. The lowest BCUT2D eigenvalue weighted by Crippen LogP contribution is -1.90. The monoisotopic (exact) mass is 554 g/mol. The van der Waals surface area contributed by atoms with E-state index in [0.717, 1.165) is 17.3 Å². The van der Waals surface area contributed by atoms with Crippen molar-refractivity contribution in [1.29, 1.82) is 0 Å². The summed E-state index contributed by atoms with van der Waals surface area (Å²) in [7, 11) is 0. The van der Waals surface area contributed by atoms with Crippen LogP contribution in [0.1, 0.15) is 20.9 Å². The predicted molar refractivity (Wildman–Crippen MR) is 144 cm³/mol. The first-order valence-electron chi connectivity index (χ1n) is 9.47. The van der Waals surface area contributed by atoms with Crippen molar-refractivity contribution in [3.63, 3.8) is 0 Å². The number of benzene rings is 2. The first-order valence-corrected chi connectivity index (χ1v) is 12.7. The van der Waals surface area contributed by atoms with Gasteiger partial charge in [0.2, 0.25) is 0 Å². The second-order valence-corrected chi connectivity index (χ2v) is 12.0. The van der Waals surface area contributed by atoms with Gasteiger partial charge in [-0.15, -0.1) is 22.7 Å². The maximum Gasteiger partial charge on any atom is 0.0783 e. The van der Waals surface area contributed by atoms with E-state index >= 15 is 0 Å². The summed E-state index contributed by atoms with van der Waals surface area (Å²) in [6.07, 6.45) is 3.81. The van der Waals surface area contributed by atoms with Crippen LogP contribution in [0.3, 0.4) is 0 Å². The van der Waals surface area contributed by atoms with Crippen molar-refractivity contribution in [2.45, 2.75) is 13.8 Å². The molecule has 0 N–H and O–H groups in total. The smallest absolute Gasteiger partial charge is 0.0783 e. The van der Waals surface area contributed by atoms with Crippen LogP contribution in [0.4, 0.5) is 0 Å². The first kappa shape index (κ1) is 21.5. The summed E-state index contributed by atoms with van der Waals surface area (Å²) in [5.41, 5.74) is 9.85. The molecule has 0 spiro atoms. The van der Waals surface area contributed by atoms with Gasteiger partial charge in [-0.25, -0.2) is 0 Å². The summed E-state index contributed by atoms with van der Waals surface area (Å²) in [5, 5.41) is 0. The molecule has 4 rings (SSSR count). The van der Waals surface area contributed by atoms with Crippen LogP contribution in [0.2, 0.25) is 0 Å². The molecule has 0 aliphatic rings. The first-order chi connectivity index (χ1) is 14.4. The Morgan fingerprint density at radius 1 is 0.667 bits per heavy atom. The number of hydrogen-bond donors (Lipinski definition) is 0. The maximum atomic E-state index is 3.94. The van der Waals surface area contributed by atoms with Crippen LogP contribution < -0.4 is 0 Å². The molecule has 0 fully saturated rings. The van der Waals surface area contributed by atoms with Crippen molar-refractivity contribution < 1.29 is 0 Å². The Hall–Kier alpha value is -1.72. The van der Waals surface area contributed by atoms with Crippen LogP contribution >= 0.6 is 54.5 Å². The fourth-order valence-electron chi connectivity index (χ4n) is 3.55. The molecule has 0 aliphatic heterocycles. The van der Waals surface area contributed by atoms with E-state index in [2.05, 4.69) is 107 Å². The summed E-state index contributed by atoms with van der Waals surface area (Å²) in [6.45, 7) is 12.2. The van der Waals surface area contributed by atoms with Crippen molar-refractivity contribution in [2.75, 3.05) is 0 Å². The highest BCUT2D eigenvalue weighted by atomic mass is 79.9. The minimum Gasteiger partial charge on any atom is -0.128 e. The molecular weight excluding hydrogens is 536 g/mol. The van der Waals surface area contributed by atoms with Gasteiger partial charge in [0.1, 0.15) is 0 Å². The number of thiophene rings is 2. The zero-order chi connectivity index (χ0) is 21.4. The molecule has 4 aromatic rings. The van der Waals surface area contributed by atoms with E-state index in [4.69, 9.17) is 0 Å². The maximum absolute atomic E-state index is 3.94. The molecule has 0 atom stereocenters. The number of halogens is 2. The van der Waals surface area contributed by atoms with E-state index < -0.39 is 0 Å². The molecule has 4 heteroatoms. The molecule has 0 aliphatic carbocycles. The largest absolute Gasteiger partial charge is 0.128 e. The molecular formula is C26H20Br2S2. The van der Waals surface area contributed by atoms with E-state index in [9.17, 15) is 0 Å². The van der Waals surface area contributed by atoms with Gasteiger partial charge in [0.05, 0.1) is 7.57 Å². The lowest BCUT2D eigenvalue weighted by Gasteiger charge is -2.15. The van der Waals surface area contributed by atoms with Gasteiger partial charge in [-0.3, -0.25) is 0 Å². The molecule has 2 heterocycles. The normalized spacial score (nSPS) is 10.9. The Labute approximate surface area is 202 Å². The fourth-order valence-corrected chi connectivity index (χ4v) is 6.84. The van der Waals surface area contributed by atoms with Crippen molar-refractivity contribution in [2.24, 2.45) is 0 Å². The molecule has 150 valence electrons. The van der Waals surface area contributed by atoms with E-state index in [1.807, 2.05) is 12.2 Å². The third-order valence-electron chi connectivity index (χ3n) is 5.12. The van der Waals surface area contributed by atoms with E-state index in [-0.39, 0.29) is 0 Å². The molecule has 0 nitrogen and oxygen atoms in total. The Balaban J connectivity index is 2.00. The molecule has 0 radical (unpaired) electrons. The lowest BCUT2D eigenvalue weighted by molar-refractivity contribution is 1.39. The zero-order valence-corrected chi connectivity index (χ0v) is 21.6. The van der Waals surface area contributed by atoms with Gasteiger partial charge in [0.25, 0.3) is 0 Å². The van der Waals surface area contributed by atoms with Gasteiger partial charge in [-0.05, 0) is 91.7 Å². The van der Waals surface area contributed by atoms with Crippen LogP contribution in [0.15, 0.2) is 69.3 Å². The van der Waals surface area contributed by atoms with Crippen LogP contribution in [-0.2, 0) is 0 Å². The highest BCUT2D eigenvalue weighted by Crippen LogP contribution is 2.45. The van der Waals surface area contributed by atoms with Gasteiger partial charge in [-0.1, -0.05) is 61.2 Å². The SMILES string of the molecule is C=Cc1cc(-c2ccc(-c3cc(C=C)sc3Br)c(-c3cc(C)ccc3C)c2)c(Br)s1. The van der Waals surface area contributed by atoms with Gasteiger partial charge in [0.15, 0.2) is 0 Å². The van der Waals surface area contributed by atoms with E-state index in [0.29, 0.717) is 0 Å². The predicted octanol–water partition coefficient (Wildman–Crippen LogP) is 10.2. The van der Waals surface area contributed by atoms with Gasteiger partial charge in [-0.2, -0.15) is 0 Å². The van der Waals surface area contributed by atoms with E-state index in [1.54, 1.807) is 22.7 Å². The average Bonchev–Trinajstić information content (AvgIpc) is 3.31. The summed E-state index contributed by atoms with van der Waals surface area (Å²) < 4.78 is 2.25.